The first-order valence-corrected chi connectivity index (χ1v) is 11.5. The van der Waals surface area contributed by atoms with E-state index in [9.17, 15) is 4.79 Å². The van der Waals surface area contributed by atoms with Gasteiger partial charge in [-0.05, 0) is 44.7 Å². The minimum atomic E-state index is 0.155. The van der Waals surface area contributed by atoms with Crippen LogP contribution in [-0.2, 0) is 11.3 Å². The van der Waals surface area contributed by atoms with E-state index in [-0.39, 0.29) is 11.8 Å². The second-order valence-electron chi connectivity index (χ2n) is 8.88. The summed E-state index contributed by atoms with van der Waals surface area (Å²) in [6.45, 7) is 4.83. The summed E-state index contributed by atoms with van der Waals surface area (Å²) >= 11 is 0. The maximum Gasteiger partial charge on any atom is 0.228 e. The minimum absolute atomic E-state index is 0.155. The lowest BCUT2D eigenvalue weighted by Crippen LogP contribution is -2.35. The number of piperidine rings is 1. The molecule has 7 nitrogen and oxygen atoms in total. The molecule has 1 aliphatic heterocycles. The van der Waals surface area contributed by atoms with E-state index < -0.39 is 0 Å². The average molecular weight is 419 g/mol. The molecule has 1 amide bonds. The van der Waals surface area contributed by atoms with Crippen molar-refractivity contribution >= 4 is 22.8 Å². The smallest absolute Gasteiger partial charge is 0.228 e. The van der Waals surface area contributed by atoms with Gasteiger partial charge in [0.05, 0.1) is 34.7 Å². The van der Waals surface area contributed by atoms with Crippen LogP contribution in [0.25, 0.3) is 11.0 Å². The molecular weight excluding hydrogens is 388 g/mol. The molecule has 0 radical (unpaired) electrons. The molecule has 2 aliphatic rings. The maximum atomic E-state index is 12.6. The third kappa shape index (κ3) is 4.32. The van der Waals surface area contributed by atoms with Crippen molar-refractivity contribution in [2.45, 2.75) is 58.0 Å². The fourth-order valence-corrected chi connectivity index (χ4v) is 4.93. The normalized spacial score (nSPS) is 18.6. The Bertz CT molecular complexity index is 1060. The Morgan fingerprint density at radius 3 is 2.48 bits per heavy atom. The van der Waals surface area contributed by atoms with Crippen molar-refractivity contribution in [3.63, 3.8) is 0 Å². The fraction of sp³-hybridized carbons (Fsp3) is 0.500. The van der Waals surface area contributed by atoms with Gasteiger partial charge in [-0.1, -0.05) is 25.0 Å². The van der Waals surface area contributed by atoms with Crippen LogP contribution in [0.1, 0.15) is 56.0 Å². The number of hydrogen-bond donors (Lipinski definition) is 1. The van der Waals surface area contributed by atoms with Crippen molar-refractivity contribution in [1.82, 2.24) is 24.6 Å². The number of aryl methyl sites for hydroxylation is 1. The van der Waals surface area contributed by atoms with Crippen LogP contribution in [-0.4, -0.2) is 43.6 Å². The van der Waals surface area contributed by atoms with Crippen LogP contribution in [0.3, 0.4) is 0 Å². The lowest BCUT2D eigenvalue weighted by Gasteiger charge is -2.32. The molecular formula is C24H30N6O. The first-order chi connectivity index (χ1) is 15.2. The number of hydrogen-bond acceptors (Lipinski definition) is 5. The summed E-state index contributed by atoms with van der Waals surface area (Å²) in [7, 11) is 0. The number of nitrogens with one attached hydrogen (secondary N) is 1. The van der Waals surface area contributed by atoms with E-state index in [4.69, 9.17) is 9.97 Å². The molecule has 0 atom stereocenters. The second kappa shape index (κ2) is 8.75. The number of nitrogens with zero attached hydrogens (tertiary/aromatic N) is 5. The van der Waals surface area contributed by atoms with Gasteiger partial charge >= 0.3 is 0 Å². The first-order valence-electron chi connectivity index (χ1n) is 11.5. The van der Waals surface area contributed by atoms with Gasteiger partial charge in [0.25, 0.3) is 0 Å². The largest absolute Gasteiger partial charge is 0.311 e. The number of rotatable bonds is 5. The van der Waals surface area contributed by atoms with E-state index >= 15 is 0 Å². The van der Waals surface area contributed by atoms with E-state index in [1.165, 1.54) is 0 Å². The Labute approximate surface area is 182 Å². The van der Waals surface area contributed by atoms with Gasteiger partial charge in [0.2, 0.25) is 5.91 Å². The Hall–Kier alpha value is -2.80. The standard InChI is InChI=1S/C24H30N6O/c1-17-22(27-21-9-5-4-8-20(21)26-17)16-29-14-11-19(12-15-29)30-23(10-13-25-30)28-24(31)18-6-2-3-7-18/h4-5,8-10,13,18-19H,2-3,6-7,11-12,14-16H2,1H3,(H,28,31). The van der Waals surface area contributed by atoms with Gasteiger partial charge in [-0.15, -0.1) is 0 Å². The van der Waals surface area contributed by atoms with Crippen LogP contribution >= 0.6 is 0 Å². The van der Waals surface area contributed by atoms with Crippen molar-refractivity contribution in [3.8, 4) is 0 Å². The van der Waals surface area contributed by atoms with E-state index in [0.29, 0.717) is 6.04 Å². The summed E-state index contributed by atoms with van der Waals surface area (Å²) in [6, 6.07) is 10.3. The van der Waals surface area contributed by atoms with Crippen molar-refractivity contribution in [1.29, 1.82) is 0 Å². The minimum Gasteiger partial charge on any atom is -0.311 e. The number of carbonyl (C=O) groups is 1. The van der Waals surface area contributed by atoms with Crippen LogP contribution in [0.2, 0.25) is 0 Å². The Morgan fingerprint density at radius 1 is 1.03 bits per heavy atom. The quantitative estimate of drug-likeness (QED) is 0.675. The zero-order valence-electron chi connectivity index (χ0n) is 18.1. The van der Waals surface area contributed by atoms with E-state index in [1.807, 2.05) is 41.9 Å². The van der Waals surface area contributed by atoms with Crippen LogP contribution in [0, 0.1) is 12.8 Å². The van der Waals surface area contributed by atoms with Crippen LogP contribution < -0.4 is 5.32 Å². The summed E-state index contributed by atoms with van der Waals surface area (Å²) in [5.41, 5.74) is 3.97. The zero-order valence-corrected chi connectivity index (χ0v) is 18.1. The summed E-state index contributed by atoms with van der Waals surface area (Å²) in [5, 5.41) is 7.67. The highest BCUT2D eigenvalue weighted by molar-refractivity contribution is 5.91. The molecule has 7 heteroatoms. The molecule has 162 valence electrons. The van der Waals surface area contributed by atoms with Gasteiger partial charge in [-0.3, -0.25) is 9.69 Å². The predicted octanol–water partition coefficient (Wildman–Crippen LogP) is 4.10. The predicted molar refractivity (Wildman–Crippen MR) is 121 cm³/mol. The van der Waals surface area contributed by atoms with Crippen LogP contribution in [0.4, 0.5) is 5.82 Å². The molecule has 3 aromatic rings. The monoisotopic (exact) mass is 418 g/mol. The highest BCUT2D eigenvalue weighted by Crippen LogP contribution is 2.29. The summed E-state index contributed by atoms with van der Waals surface area (Å²) in [4.78, 5) is 24.6. The third-order valence-electron chi connectivity index (χ3n) is 6.77. The van der Waals surface area contributed by atoms with Gasteiger partial charge < -0.3 is 5.32 Å². The molecule has 3 heterocycles. The Morgan fingerprint density at radius 2 is 1.74 bits per heavy atom. The van der Waals surface area contributed by atoms with E-state index in [0.717, 1.165) is 86.4 Å². The van der Waals surface area contributed by atoms with Crippen LogP contribution in [0.15, 0.2) is 36.5 Å². The van der Waals surface area contributed by atoms with E-state index in [1.54, 1.807) is 6.20 Å². The highest BCUT2D eigenvalue weighted by atomic mass is 16.2. The number of benzene rings is 1. The lowest BCUT2D eigenvalue weighted by molar-refractivity contribution is -0.119. The molecule has 0 unspecified atom stereocenters. The topological polar surface area (TPSA) is 75.9 Å². The molecule has 5 rings (SSSR count). The summed E-state index contributed by atoms with van der Waals surface area (Å²) in [5.74, 6) is 1.16. The molecule has 1 N–H and O–H groups in total. The number of fused-ring (bicyclic) bond motifs is 1. The SMILES string of the molecule is Cc1nc2ccccc2nc1CN1CCC(n2nccc2NC(=O)C2CCCC2)CC1. The van der Waals surface area contributed by atoms with Gasteiger partial charge in [-0.25, -0.2) is 14.6 Å². The number of aromatic nitrogens is 4. The van der Waals surface area contributed by atoms with Crippen molar-refractivity contribution in [2.24, 2.45) is 5.92 Å². The van der Waals surface area contributed by atoms with Gasteiger partial charge in [-0.2, -0.15) is 5.10 Å². The molecule has 2 fully saturated rings. The van der Waals surface area contributed by atoms with E-state index in [2.05, 4.69) is 15.3 Å². The summed E-state index contributed by atoms with van der Waals surface area (Å²) < 4.78 is 2.02. The molecule has 2 aromatic heterocycles. The number of amides is 1. The summed E-state index contributed by atoms with van der Waals surface area (Å²) in [6.07, 6.45) is 8.16. The van der Waals surface area contributed by atoms with Gasteiger partial charge in [0.1, 0.15) is 5.82 Å². The Kier molecular flexibility index (Phi) is 5.68. The molecule has 0 spiro atoms. The maximum absolute atomic E-state index is 12.6. The zero-order chi connectivity index (χ0) is 21.2. The van der Waals surface area contributed by atoms with Crippen LogP contribution in [0.5, 0.6) is 0 Å². The molecule has 1 saturated carbocycles. The van der Waals surface area contributed by atoms with Gasteiger partial charge in [0.15, 0.2) is 0 Å². The molecule has 1 aliphatic carbocycles. The van der Waals surface area contributed by atoms with Crippen molar-refractivity contribution in [3.05, 3.63) is 47.9 Å². The first kappa shape index (κ1) is 20.1. The highest BCUT2D eigenvalue weighted by Gasteiger charge is 2.26. The molecule has 1 saturated heterocycles. The lowest BCUT2D eigenvalue weighted by atomic mass is 10.0. The molecule has 0 bridgehead atoms. The number of likely N-dealkylation sites (tertiary alicyclic amines) is 1. The average Bonchev–Trinajstić information content (AvgIpc) is 3.47. The molecule has 31 heavy (non-hydrogen) atoms. The number of carbonyl (C=O) groups excluding carboxylic acids is 1. The van der Waals surface area contributed by atoms with Crippen molar-refractivity contribution in [2.75, 3.05) is 18.4 Å². The Balaban J connectivity index is 1.21. The molecule has 1 aromatic carbocycles. The number of anilines is 1. The fourth-order valence-electron chi connectivity index (χ4n) is 4.93. The number of para-hydroxylation sites is 2. The second-order valence-corrected chi connectivity index (χ2v) is 8.88. The third-order valence-corrected chi connectivity index (χ3v) is 6.77. The van der Waals surface area contributed by atoms with Crippen molar-refractivity contribution < 1.29 is 4.79 Å². The van der Waals surface area contributed by atoms with Gasteiger partial charge in [0, 0.05) is 31.6 Å².